The fourth-order valence-corrected chi connectivity index (χ4v) is 3.33. The summed E-state index contributed by atoms with van der Waals surface area (Å²) in [6.45, 7) is 12.5. The Bertz CT molecular complexity index is 804. The Hall–Kier alpha value is -2.33. The average Bonchev–Trinajstić information content (AvgIpc) is 3.28. The summed E-state index contributed by atoms with van der Waals surface area (Å²) in [4.78, 5) is 37.1. The van der Waals surface area contributed by atoms with Crippen molar-refractivity contribution < 1.29 is 23.9 Å². The highest BCUT2D eigenvalue weighted by Gasteiger charge is 2.35. The molecule has 0 spiro atoms. The normalized spacial score (nSPS) is 17.3. The number of rotatable bonds is 13. The summed E-state index contributed by atoms with van der Waals surface area (Å²) in [6, 6.07) is 0. The molecule has 0 aromatic carbocycles. The van der Waals surface area contributed by atoms with Crippen LogP contribution in [-0.4, -0.2) is 77.6 Å². The number of carbonyl (C=O) groups excluding carboxylic acids is 3. The first-order valence-corrected chi connectivity index (χ1v) is 11.0. The largest absolute Gasteiger partial charge is 0.383 e. The molecule has 1 saturated heterocycles. The highest BCUT2D eigenvalue weighted by molar-refractivity contribution is 6.03. The molecule has 1 fully saturated rings. The summed E-state index contributed by atoms with van der Waals surface area (Å²) >= 11 is 0. The maximum atomic E-state index is 12.2. The number of nitrogens with zero attached hydrogens (tertiary/aromatic N) is 4. The van der Waals surface area contributed by atoms with Crippen molar-refractivity contribution in [2.24, 2.45) is 11.3 Å². The van der Waals surface area contributed by atoms with E-state index in [1.807, 2.05) is 33.9 Å². The van der Waals surface area contributed by atoms with E-state index in [0.717, 1.165) is 5.69 Å². The Morgan fingerprint density at radius 1 is 1.22 bits per heavy atom. The van der Waals surface area contributed by atoms with Gasteiger partial charge in [-0.3, -0.25) is 19.3 Å². The van der Waals surface area contributed by atoms with Crippen LogP contribution in [0.5, 0.6) is 0 Å². The molecule has 32 heavy (non-hydrogen) atoms. The third kappa shape index (κ3) is 7.37. The van der Waals surface area contributed by atoms with Crippen LogP contribution in [-0.2, 0) is 35.8 Å². The minimum absolute atomic E-state index is 0.104. The summed E-state index contributed by atoms with van der Waals surface area (Å²) in [5.41, 5.74) is 0.256. The molecule has 1 aliphatic rings. The number of likely N-dealkylation sites (tertiary alicyclic amines) is 1. The molecule has 1 N–H and O–H groups in total. The molecule has 10 nitrogen and oxygen atoms in total. The molecule has 2 rings (SSSR count). The Morgan fingerprint density at radius 3 is 2.56 bits per heavy atom. The van der Waals surface area contributed by atoms with E-state index in [1.165, 1.54) is 4.90 Å². The lowest BCUT2D eigenvalue weighted by atomic mass is 9.90. The Balaban J connectivity index is 1.72. The second-order valence-corrected chi connectivity index (χ2v) is 9.92. The van der Waals surface area contributed by atoms with Crippen molar-refractivity contribution in [1.29, 1.82) is 0 Å². The monoisotopic (exact) mass is 451 g/mol. The zero-order chi connectivity index (χ0) is 23.9. The molecule has 2 heterocycles. The lowest BCUT2D eigenvalue weighted by Crippen LogP contribution is -2.40. The zero-order valence-electron chi connectivity index (χ0n) is 20.1. The number of amides is 3. The van der Waals surface area contributed by atoms with Crippen molar-refractivity contribution in [3.8, 4) is 0 Å². The molecule has 3 amide bonds. The van der Waals surface area contributed by atoms with Crippen molar-refractivity contribution in [2.75, 3.05) is 40.0 Å². The van der Waals surface area contributed by atoms with Gasteiger partial charge in [-0.05, 0) is 0 Å². The standard InChI is InChI=1S/C22H37N5O5/c1-16-11-19(29)27(20(16)30)8-7-18(28)23-13-21(2,3)14-32-15-22(4,5)17-12-26(25-24-17)9-10-31-6/h12,16H,7-11,13-15H2,1-6H3,(H,23,28). The van der Waals surface area contributed by atoms with E-state index in [2.05, 4.69) is 15.6 Å². The minimum atomic E-state index is -0.309. The second-order valence-electron chi connectivity index (χ2n) is 9.92. The summed E-state index contributed by atoms with van der Waals surface area (Å²) in [7, 11) is 1.65. The highest BCUT2D eigenvalue weighted by atomic mass is 16.5. The summed E-state index contributed by atoms with van der Waals surface area (Å²) in [5, 5.41) is 11.3. The quantitative estimate of drug-likeness (QED) is 0.447. The molecule has 1 aliphatic heterocycles. The van der Waals surface area contributed by atoms with Gasteiger partial charge in [0, 0.05) is 56.0 Å². The number of aromatic nitrogens is 3. The number of nitrogens with one attached hydrogen (secondary N) is 1. The van der Waals surface area contributed by atoms with Gasteiger partial charge in [-0.25, -0.2) is 4.68 Å². The van der Waals surface area contributed by atoms with Gasteiger partial charge in [-0.1, -0.05) is 39.8 Å². The van der Waals surface area contributed by atoms with Crippen LogP contribution >= 0.6 is 0 Å². The smallest absolute Gasteiger partial charge is 0.232 e. The number of methoxy groups -OCH3 is 1. The molecular weight excluding hydrogens is 414 g/mol. The van der Waals surface area contributed by atoms with Crippen molar-refractivity contribution in [3.63, 3.8) is 0 Å². The molecule has 1 atom stereocenters. The van der Waals surface area contributed by atoms with Crippen molar-refractivity contribution in [3.05, 3.63) is 11.9 Å². The van der Waals surface area contributed by atoms with Gasteiger partial charge >= 0.3 is 0 Å². The fourth-order valence-electron chi connectivity index (χ4n) is 3.33. The first-order chi connectivity index (χ1) is 14.9. The molecule has 1 unspecified atom stereocenters. The van der Waals surface area contributed by atoms with Gasteiger partial charge in [0.2, 0.25) is 17.7 Å². The number of hydrogen-bond donors (Lipinski definition) is 1. The van der Waals surface area contributed by atoms with Gasteiger partial charge in [0.15, 0.2) is 0 Å². The molecule has 0 saturated carbocycles. The molecule has 0 bridgehead atoms. The Labute approximate surface area is 190 Å². The van der Waals surface area contributed by atoms with Crippen molar-refractivity contribution >= 4 is 17.7 Å². The van der Waals surface area contributed by atoms with E-state index in [-0.39, 0.29) is 53.9 Å². The SMILES string of the molecule is COCCn1cc(C(C)(C)COCC(C)(C)CNC(=O)CCN2C(=O)CC(C)C2=O)nn1. The predicted octanol–water partition coefficient (Wildman–Crippen LogP) is 1.15. The highest BCUT2D eigenvalue weighted by Crippen LogP contribution is 2.23. The van der Waals surface area contributed by atoms with Gasteiger partial charge in [0.05, 0.1) is 32.1 Å². The Kier molecular flexibility index (Phi) is 8.91. The van der Waals surface area contributed by atoms with Crippen LogP contribution in [0.3, 0.4) is 0 Å². The molecule has 180 valence electrons. The van der Waals surface area contributed by atoms with Gasteiger partial charge in [-0.2, -0.15) is 0 Å². The number of imide groups is 1. The van der Waals surface area contributed by atoms with Gasteiger partial charge in [0.25, 0.3) is 0 Å². The van der Waals surface area contributed by atoms with Gasteiger partial charge in [-0.15, -0.1) is 5.10 Å². The van der Waals surface area contributed by atoms with E-state index >= 15 is 0 Å². The average molecular weight is 452 g/mol. The molecule has 0 radical (unpaired) electrons. The number of hydrogen-bond acceptors (Lipinski definition) is 7. The fraction of sp³-hybridized carbons (Fsp3) is 0.773. The van der Waals surface area contributed by atoms with E-state index in [1.54, 1.807) is 18.7 Å². The lowest BCUT2D eigenvalue weighted by molar-refractivity contribution is -0.139. The molecular formula is C22H37N5O5. The van der Waals surface area contributed by atoms with Crippen molar-refractivity contribution in [1.82, 2.24) is 25.2 Å². The third-order valence-corrected chi connectivity index (χ3v) is 5.51. The molecule has 1 aromatic heterocycles. The van der Waals surface area contributed by atoms with E-state index in [0.29, 0.717) is 32.9 Å². The van der Waals surface area contributed by atoms with Crippen LogP contribution in [0.25, 0.3) is 0 Å². The zero-order valence-corrected chi connectivity index (χ0v) is 20.1. The van der Waals surface area contributed by atoms with Crippen LogP contribution in [0, 0.1) is 11.3 Å². The Morgan fingerprint density at radius 2 is 1.94 bits per heavy atom. The second kappa shape index (κ2) is 11.0. The maximum absolute atomic E-state index is 12.2. The molecule has 1 aromatic rings. The summed E-state index contributed by atoms with van der Waals surface area (Å²) in [6.07, 6.45) is 2.24. The van der Waals surface area contributed by atoms with Crippen LogP contribution in [0.15, 0.2) is 6.20 Å². The van der Waals surface area contributed by atoms with E-state index in [4.69, 9.17) is 9.47 Å². The maximum Gasteiger partial charge on any atom is 0.232 e. The lowest BCUT2D eigenvalue weighted by Gasteiger charge is -2.28. The topological polar surface area (TPSA) is 116 Å². The van der Waals surface area contributed by atoms with E-state index in [9.17, 15) is 14.4 Å². The first-order valence-electron chi connectivity index (χ1n) is 11.0. The summed E-state index contributed by atoms with van der Waals surface area (Å²) in [5.74, 6) is -0.879. The third-order valence-electron chi connectivity index (χ3n) is 5.51. The summed E-state index contributed by atoms with van der Waals surface area (Å²) < 4.78 is 12.8. The van der Waals surface area contributed by atoms with Gasteiger partial charge < -0.3 is 14.8 Å². The van der Waals surface area contributed by atoms with Crippen LogP contribution in [0.2, 0.25) is 0 Å². The first kappa shape index (κ1) is 25.9. The van der Waals surface area contributed by atoms with Crippen LogP contribution in [0.4, 0.5) is 0 Å². The van der Waals surface area contributed by atoms with Crippen LogP contribution in [0.1, 0.15) is 53.2 Å². The number of ether oxygens (including phenoxy) is 2. The van der Waals surface area contributed by atoms with Gasteiger partial charge in [0.1, 0.15) is 0 Å². The van der Waals surface area contributed by atoms with E-state index < -0.39 is 0 Å². The molecule has 0 aliphatic carbocycles. The number of carbonyl (C=O) groups is 3. The molecule has 10 heteroatoms. The minimum Gasteiger partial charge on any atom is -0.383 e. The predicted molar refractivity (Wildman–Crippen MR) is 118 cm³/mol. The van der Waals surface area contributed by atoms with Crippen molar-refractivity contribution in [2.45, 2.75) is 59.4 Å². The van der Waals surface area contributed by atoms with Crippen LogP contribution < -0.4 is 5.32 Å².